The van der Waals surface area contributed by atoms with Gasteiger partial charge >= 0.3 is 0 Å². The maximum absolute atomic E-state index is 12.3. The van der Waals surface area contributed by atoms with Crippen LogP contribution in [0.25, 0.3) is 0 Å². The van der Waals surface area contributed by atoms with Crippen LogP contribution in [0, 0.1) is 28.6 Å². The first-order valence-electron chi connectivity index (χ1n) is 9.87. The fourth-order valence-electron chi connectivity index (χ4n) is 6.03. The molecule has 5 heteroatoms. The Balaban J connectivity index is 1.96. The van der Waals surface area contributed by atoms with Crippen molar-refractivity contribution in [1.29, 1.82) is 0 Å². The van der Waals surface area contributed by atoms with Gasteiger partial charge in [0.2, 0.25) is 0 Å². The first kappa shape index (κ1) is 19.5. The van der Waals surface area contributed by atoms with Crippen molar-refractivity contribution >= 4 is 15.3 Å². The monoisotopic (exact) mass is 368 g/mol. The molecule has 1 heterocycles. The third-order valence-electron chi connectivity index (χ3n) is 6.64. The summed E-state index contributed by atoms with van der Waals surface area (Å²) in [6, 6.07) is 0. The van der Waals surface area contributed by atoms with E-state index in [-0.39, 0.29) is 27.9 Å². The molecule has 1 spiro atoms. The van der Waals surface area contributed by atoms with Gasteiger partial charge in [0.05, 0.1) is 12.2 Å². The van der Waals surface area contributed by atoms with Crippen LogP contribution < -0.4 is 0 Å². The van der Waals surface area contributed by atoms with Crippen molar-refractivity contribution < 1.29 is 19.0 Å². The first-order chi connectivity index (χ1) is 11.4. The number of fused-ring (bicyclic) bond motifs is 1. The van der Waals surface area contributed by atoms with Gasteiger partial charge < -0.3 is 9.22 Å². The lowest BCUT2D eigenvalue weighted by molar-refractivity contribution is -0.405. The largest absolute Gasteiger partial charge is 0.414 e. The molecule has 25 heavy (non-hydrogen) atoms. The van der Waals surface area contributed by atoms with Gasteiger partial charge in [-0.1, -0.05) is 34.6 Å². The van der Waals surface area contributed by atoms with Crippen LogP contribution in [0.5, 0.6) is 0 Å². The summed E-state index contributed by atoms with van der Waals surface area (Å²) in [6.45, 7) is 16.3. The summed E-state index contributed by atoms with van der Waals surface area (Å²) in [4.78, 5) is 23.8. The van der Waals surface area contributed by atoms with Gasteiger partial charge in [0.25, 0.3) is 0 Å². The van der Waals surface area contributed by atoms with E-state index in [0.717, 1.165) is 25.7 Å². The van der Waals surface area contributed by atoms with E-state index < -0.39 is 9.04 Å². The Hall–Kier alpha value is -0.233. The number of carbonyl (C=O) groups excluding carboxylic acids is 1. The zero-order valence-corrected chi connectivity index (χ0v) is 18.2. The first-order valence-corrected chi connectivity index (χ1v) is 12.6. The quantitative estimate of drug-likeness (QED) is 0.427. The highest BCUT2D eigenvalue weighted by Gasteiger charge is 2.67. The third kappa shape index (κ3) is 3.37. The van der Waals surface area contributed by atoms with Gasteiger partial charge in [-0.3, -0.25) is 0 Å². The van der Waals surface area contributed by atoms with Crippen LogP contribution in [0.2, 0.25) is 13.1 Å². The number of rotatable bonds is 3. The Morgan fingerprint density at radius 3 is 2.40 bits per heavy atom. The summed E-state index contributed by atoms with van der Waals surface area (Å²) in [7, 11) is -1.30. The van der Waals surface area contributed by atoms with Crippen LogP contribution in [0.15, 0.2) is 0 Å². The summed E-state index contributed by atoms with van der Waals surface area (Å²) in [6.07, 6.45) is 4.98. The molecule has 2 saturated carbocycles. The molecule has 5 atom stereocenters. The normalized spacial score (nSPS) is 43.6. The van der Waals surface area contributed by atoms with Crippen molar-refractivity contribution in [2.24, 2.45) is 28.6 Å². The molecular weight excluding hydrogens is 332 g/mol. The van der Waals surface area contributed by atoms with Crippen LogP contribution in [-0.4, -0.2) is 33.1 Å². The second kappa shape index (κ2) is 6.15. The highest BCUT2D eigenvalue weighted by atomic mass is 28.3. The molecule has 0 bridgehead atoms. The molecule has 0 N–H and O–H groups in total. The fraction of sp³-hybridized carbons (Fsp3) is 0.950. The number of aldehydes is 1. The second-order valence-corrected chi connectivity index (χ2v) is 13.3. The van der Waals surface area contributed by atoms with Gasteiger partial charge in [0.15, 0.2) is 9.04 Å². The minimum atomic E-state index is -1.30. The van der Waals surface area contributed by atoms with Gasteiger partial charge in [-0.25, -0.2) is 9.78 Å². The maximum Gasteiger partial charge on any atom is 0.171 e. The van der Waals surface area contributed by atoms with E-state index in [1.54, 1.807) is 0 Å². The molecule has 0 aromatic carbocycles. The van der Waals surface area contributed by atoms with E-state index in [9.17, 15) is 4.79 Å². The molecule has 3 aliphatic rings. The molecular formula is C20H36O4Si. The van der Waals surface area contributed by atoms with Gasteiger partial charge in [-0.05, 0) is 55.0 Å². The summed E-state index contributed by atoms with van der Waals surface area (Å²) in [5.74, 6) is 0.720. The molecule has 4 nitrogen and oxygen atoms in total. The van der Waals surface area contributed by atoms with Crippen molar-refractivity contribution in [3.05, 3.63) is 0 Å². The molecule has 144 valence electrons. The molecule has 1 unspecified atom stereocenters. The standard InChI is InChI=1S/C20H36O4Si/c1-17(2,3)15-8-14-9-19(11-18(4,5)13-22-23-19)12-20(14,16(15)10-21)24-25(6)7/h10,14-16,25H,8-9,11-13H2,1-7H3/t14-,15-,16-,19?,20+/m1/s1. The minimum absolute atomic E-state index is 0.0413. The summed E-state index contributed by atoms with van der Waals surface area (Å²) in [5, 5.41) is 0. The highest BCUT2D eigenvalue weighted by molar-refractivity contribution is 6.48. The van der Waals surface area contributed by atoms with E-state index in [1.165, 1.54) is 6.29 Å². The van der Waals surface area contributed by atoms with E-state index in [0.29, 0.717) is 18.4 Å². The molecule has 0 aromatic heterocycles. The van der Waals surface area contributed by atoms with Crippen LogP contribution in [0.3, 0.4) is 0 Å². The molecule has 0 radical (unpaired) electrons. The Morgan fingerprint density at radius 1 is 1.20 bits per heavy atom. The SMILES string of the molecule is C[SiH](C)O[C@@]12CC3(C[C@H]1C[C@@H](C(C)(C)C)[C@H]2C=O)CC(C)(C)COO3. The Kier molecular flexibility index (Phi) is 4.80. The van der Waals surface area contributed by atoms with Gasteiger partial charge in [0, 0.05) is 12.3 Å². The van der Waals surface area contributed by atoms with Crippen LogP contribution in [0.1, 0.15) is 60.3 Å². The molecule has 2 aliphatic carbocycles. The van der Waals surface area contributed by atoms with Gasteiger partial charge in [-0.15, -0.1) is 0 Å². The van der Waals surface area contributed by atoms with Gasteiger partial charge in [0.1, 0.15) is 11.9 Å². The Labute approximate surface area is 154 Å². The van der Waals surface area contributed by atoms with Crippen molar-refractivity contribution in [2.45, 2.75) is 84.6 Å². The number of carbonyl (C=O) groups is 1. The third-order valence-corrected chi connectivity index (χ3v) is 7.55. The van der Waals surface area contributed by atoms with Crippen LogP contribution in [-0.2, 0) is 19.0 Å². The number of hydrogen-bond donors (Lipinski definition) is 0. The predicted octanol–water partition coefficient (Wildman–Crippen LogP) is 4.13. The predicted molar refractivity (Wildman–Crippen MR) is 101 cm³/mol. The van der Waals surface area contributed by atoms with Crippen molar-refractivity contribution in [3.8, 4) is 0 Å². The Morgan fingerprint density at radius 2 is 1.88 bits per heavy atom. The zero-order chi connectivity index (χ0) is 18.7. The smallest absolute Gasteiger partial charge is 0.171 e. The number of hydrogen-bond acceptors (Lipinski definition) is 4. The topological polar surface area (TPSA) is 44.8 Å². The maximum atomic E-state index is 12.3. The lowest BCUT2D eigenvalue weighted by Gasteiger charge is -2.44. The van der Waals surface area contributed by atoms with E-state index in [4.69, 9.17) is 14.2 Å². The highest BCUT2D eigenvalue weighted by Crippen LogP contribution is 2.64. The molecule has 0 aromatic rings. The van der Waals surface area contributed by atoms with E-state index in [2.05, 4.69) is 47.7 Å². The molecule has 1 saturated heterocycles. The van der Waals surface area contributed by atoms with Crippen molar-refractivity contribution in [2.75, 3.05) is 6.61 Å². The zero-order valence-electron chi connectivity index (χ0n) is 17.1. The van der Waals surface area contributed by atoms with Crippen molar-refractivity contribution in [3.63, 3.8) is 0 Å². The molecule has 1 aliphatic heterocycles. The average molecular weight is 369 g/mol. The second-order valence-electron chi connectivity index (χ2n) is 10.9. The van der Waals surface area contributed by atoms with Gasteiger partial charge in [-0.2, -0.15) is 0 Å². The Bertz CT molecular complexity index is 526. The summed E-state index contributed by atoms with van der Waals surface area (Å²) < 4.78 is 6.72. The lowest BCUT2D eigenvalue weighted by atomic mass is 9.70. The van der Waals surface area contributed by atoms with E-state index >= 15 is 0 Å². The fourth-order valence-corrected chi connectivity index (χ4v) is 7.34. The minimum Gasteiger partial charge on any atom is -0.414 e. The molecule has 0 amide bonds. The summed E-state index contributed by atoms with van der Waals surface area (Å²) in [5.41, 5.74) is -0.425. The average Bonchev–Trinajstić information content (AvgIpc) is 2.83. The molecule has 3 fully saturated rings. The van der Waals surface area contributed by atoms with E-state index in [1.807, 2.05) is 0 Å². The lowest BCUT2D eigenvalue weighted by Crippen LogP contribution is -2.49. The van der Waals surface area contributed by atoms with Crippen LogP contribution >= 0.6 is 0 Å². The molecule has 3 rings (SSSR count). The van der Waals surface area contributed by atoms with Crippen LogP contribution in [0.4, 0.5) is 0 Å². The summed E-state index contributed by atoms with van der Waals surface area (Å²) >= 11 is 0. The van der Waals surface area contributed by atoms with Crippen molar-refractivity contribution in [1.82, 2.24) is 0 Å².